The van der Waals surface area contributed by atoms with Crippen molar-refractivity contribution < 1.29 is 9.59 Å². The standard InChI is InChI=1S/C22H31N3O2/c1-2-9-20(24-21(26)17-10-4-3-5-11-17)22(27)23-18-12-8-13-19(16-18)25-14-6-7-15-25/h3-4,8,12-13,16-17,20H,2,5-7,9-11,14-15H2,1H3,(H,23,27)(H,24,26)/t17-,20-/m0/s1. The number of hydrogen-bond donors (Lipinski definition) is 2. The molecule has 0 saturated carbocycles. The van der Waals surface area contributed by atoms with Crippen LogP contribution in [-0.4, -0.2) is 30.9 Å². The van der Waals surface area contributed by atoms with Gasteiger partial charge < -0.3 is 15.5 Å². The molecule has 2 aliphatic rings. The van der Waals surface area contributed by atoms with Crippen molar-refractivity contribution in [2.45, 2.75) is 57.9 Å². The Morgan fingerprint density at radius 3 is 2.74 bits per heavy atom. The molecule has 1 aliphatic heterocycles. The highest BCUT2D eigenvalue weighted by Gasteiger charge is 2.25. The number of anilines is 2. The van der Waals surface area contributed by atoms with Crippen molar-refractivity contribution in [3.63, 3.8) is 0 Å². The van der Waals surface area contributed by atoms with Crippen LogP contribution in [0.2, 0.25) is 0 Å². The van der Waals surface area contributed by atoms with Gasteiger partial charge >= 0.3 is 0 Å². The molecule has 1 heterocycles. The first-order valence-corrected chi connectivity index (χ1v) is 10.3. The number of carbonyl (C=O) groups excluding carboxylic acids is 2. The summed E-state index contributed by atoms with van der Waals surface area (Å²) in [5, 5.41) is 5.99. The first kappa shape index (κ1) is 19.5. The van der Waals surface area contributed by atoms with Crippen molar-refractivity contribution in [1.29, 1.82) is 0 Å². The third-order valence-electron chi connectivity index (χ3n) is 5.44. The maximum atomic E-state index is 12.8. The number of amides is 2. The Hall–Kier alpha value is -2.30. The second-order valence-corrected chi connectivity index (χ2v) is 7.56. The number of nitrogens with one attached hydrogen (secondary N) is 2. The van der Waals surface area contributed by atoms with E-state index in [4.69, 9.17) is 0 Å². The highest BCUT2D eigenvalue weighted by Crippen LogP contribution is 2.24. The number of rotatable bonds is 7. The van der Waals surface area contributed by atoms with Crippen LogP contribution in [0.5, 0.6) is 0 Å². The van der Waals surface area contributed by atoms with Gasteiger partial charge in [-0.05, 0) is 56.7 Å². The molecule has 2 N–H and O–H groups in total. The quantitative estimate of drug-likeness (QED) is 0.717. The predicted molar refractivity (Wildman–Crippen MR) is 110 cm³/mol. The van der Waals surface area contributed by atoms with Crippen molar-refractivity contribution in [3.05, 3.63) is 36.4 Å². The van der Waals surface area contributed by atoms with Gasteiger partial charge in [-0.1, -0.05) is 31.6 Å². The summed E-state index contributed by atoms with van der Waals surface area (Å²) < 4.78 is 0. The molecule has 5 heteroatoms. The van der Waals surface area contributed by atoms with Gasteiger partial charge in [0.05, 0.1) is 0 Å². The van der Waals surface area contributed by atoms with E-state index in [0.29, 0.717) is 6.42 Å². The topological polar surface area (TPSA) is 61.4 Å². The van der Waals surface area contributed by atoms with E-state index in [1.165, 1.54) is 12.8 Å². The average molecular weight is 370 g/mol. The number of carbonyl (C=O) groups is 2. The van der Waals surface area contributed by atoms with E-state index in [0.717, 1.165) is 50.1 Å². The number of nitrogens with zero attached hydrogens (tertiary/aromatic N) is 1. The van der Waals surface area contributed by atoms with Crippen LogP contribution in [0.15, 0.2) is 36.4 Å². The zero-order chi connectivity index (χ0) is 19.1. The Kier molecular flexibility index (Phi) is 6.91. The van der Waals surface area contributed by atoms with Crippen LogP contribution in [0.3, 0.4) is 0 Å². The summed E-state index contributed by atoms with van der Waals surface area (Å²) in [6.07, 6.45) is 10.7. The summed E-state index contributed by atoms with van der Waals surface area (Å²) in [5.74, 6) is -0.144. The Bertz CT molecular complexity index is 680. The van der Waals surface area contributed by atoms with Gasteiger partial charge in [-0.25, -0.2) is 0 Å². The van der Waals surface area contributed by atoms with Crippen molar-refractivity contribution in [2.75, 3.05) is 23.3 Å². The van der Waals surface area contributed by atoms with Crippen LogP contribution in [0.1, 0.15) is 51.9 Å². The number of benzene rings is 1. The molecular formula is C22H31N3O2. The van der Waals surface area contributed by atoms with E-state index in [1.54, 1.807) is 0 Å². The lowest BCUT2D eigenvalue weighted by molar-refractivity contribution is -0.129. The molecule has 2 amide bonds. The highest BCUT2D eigenvalue weighted by molar-refractivity contribution is 5.97. The van der Waals surface area contributed by atoms with Gasteiger partial charge in [0.2, 0.25) is 11.8 Å². The van der Waals surface area contributed by atoms with Crippen LogP contribution >= 0.6 is 0 Å². The molecule has 5 nitrogen and oxygen atoms in total. The van der Waals surface area contributed by atoms with Gasteiger partial charge in [0.1, 0.15) is 6.04 Å². The van der Waals surface area contributed by atoms with E-state index in [-0.39, 0.29) is 17.7 Å². The van der Waals surface area contributed by atoms with E-state index in [2.05, 4.69) is 33.8 Å². The molecule has 2 atom stereocenters. The van der Waals surface area contributed by atoms with Crippen LogP contribution < -0.4 is 15.5 Å². The lowest BCUT2D eigenvalue weighted by Gasteiger charge is -2.23. The summed E-state index contributed by atoms with van der Waals surface area (Å²) in [6, 6.07) is 7.52. The third kappa shape index (κ3) is 5.34. The fourth-order valence-corrected chi connectivity index (χ4v) is 3.86. The van der Waals surface area contributed by atoms with Crippen LogP contribution in [-0.2, 0) is 9.59 Å². The molecule has 0 bridgehead atoms. The molecule has 1 fully saturated rings. The molecule has 1 saturated heterocycles. The predicted octanol–water partition coefficient (Wildman–Crippen LogP) is 3.87. The minimum atomic E-state index is -0.483. The molecular weight excluding hydrogens is 338 g/mol. The fraction of sp³-hybridized carbons (Fsp3) is 0.545. The van der Waals surface area contributed by atoms with Gasteiger partial charge in [0.15, 0.2) is 0 Å². The summed E-state index contributed by atoms with van der Waals surface area (Å²) in [4.78, 5) is 27.7. The van der Waals surface area contributed by atoms with E-state index in [9.17, 15) is 9.59 Å². The molecule has 1 aliphatic carbocycles. The Morgan fingerprint density at radius 1 is 1.22 bits per heavy atom. The molecule has 0 unspecified atom stereocenters. The molecule has 0 spiro atoms. The smallest absolute Gasteiger partial charge is 0.246 e. The van der Waals surface area contributed by atoms with Gasteiger partial charge in [-0.2, -0.15) is 0 Å². The Morgan fingerprint density at radius 2 is 2.04 bits per heavy atom. The SMILES string of the molecule is CCC[C@H](NC(=O)[C@H]1CC=CCC1)C(=O)Nc1cccc(N2CCCC2)c1. The van der Waals surface area contributed by atoms with Crippen molar-refractivity contribution in [2.24, 2.45) is 5.92 Å². The minimum absolute atomic E-state index is 0.00114. The second-order valence-electron chi connectivity index (χ2n) is 7.56. The zero-order valence-corrected chi connectivity index (χ0v) is 16.2. The lowest BCUT2D eigenvalue weighted by atomic mass is 9.93. The van der Waals surface area contributed by atoms with Crippen LogP contribution in [0.25, 0.3) is 0 Å². The average Bonchev–Trinajstić information content (AvgIpc) is 3.23. The molecule has 1 aromatic rings. The lowest BCUT2D eigenvalue weighted by Crippen LogP contribution is -2.46. The number of allylic oxidation sites excluding steroid dienone is 2. The van der Waals surface area contributed by atoms with E-state index >= 15 is 0 Å². The Balaban J connectivity index is 1.61. The molecule has 0 radical (unpaired) electrons. The molecule has 0 aromatic heterocycles. The molecule has 146 valence electrons. The summed E-state index contributed by atoms with van der Waals surface area (Å²) in [7, 11) is 0. The van der Waals surface area contributed by atoms with Crippen LogP contribution in [0.4, 0.5) is 11.4 Å². The van der Waals surface area contributed by atoms with Gasteiger partial charge in [0.25, 0.3) is 0 Å². The first-order valence-electron chi connectivity index (χ1n) is 10.3. The molecule has 1 aromatic carbocycles. The zero-order valence-electron chi connectivity index (χ0n) is 16.2. The first-order chi connectivity index (χ1) is 13.2. The monoisotopic (exact) mass is 369 g/mol. The van der Waals surface area contributed by atoms with Gasteiger partial charge in [-0.15, -0.1) is 0 Å². The molecule has 3 rings (SSSR count). The normalized spacial score (nSPS) is 20.3. The summed E-state index contributed by atoms with van der Waals surface area (Å²) >= 11 is 0. The van der Waals surface area contributed by atoms with Gasteiger partial charge in [-0.3, -0.25) is 9.59 Å². The number of hydrogen-bond acceptors (Lipinski definition) is 3. The van der Waals surface area contributed by atoms with Crippen molar-refractivity contribution in [3.8, 4) is 0 Å². The van der Waals surface area contributed by atoms with E-state index in [1.807, 2.05) is 25.1 Å². The van der Waals surface area contributed by atoms with Gasteiger partial charge in [0, 0.05) is 30.4 Å². The molecule has 27 heavy (non-hydrogen) atoms. The minimum Gasteiger partial charge on any atom is -0.371 e. The van der Waals surface area contributed by atoms with Crippen LogP contribution in [0, 0.1) is 5.92 Å². The van der Waals surface area contributed by atoms with Crippen molar-refractivity contribution in [1.82, 2.24) is 5.32 Å². The highest BCUT2D eigenvalue weighted by atomic mass is 16.2. The Labute approximate surface area is 162 Å². The fourth-order valence-electron chi connectivity index (χ4n) is 3.86. The summed E-state index contributed by atoms with van der Waals surface area (Å²) in [5.41, 5.74) is 1.94. The maximum Gasteiger partial charge on any atom is 0.246 e. The maximum absolute atomic E-state index is 12.8. The largest absolute Gasteiger partial charge is 0.371 e. The summed E-state index contributed by atoms with van der Waals surface area (Å²) in [6.45, 7) is 4.17. The third-order valence-corrected chi connectivity index (χ3v) is 5.44. The van der Waals surface area contributed by atoms with Crippen molar-refractivity contribution >= 4 is 23.2 Å². The van der Waals surface area contributed by atoms with E-state index < -0.39 is 6.04 Å². The second kappa shape index (κ2) is 9.58.